The fourth-order valence-corrected chi connectivity index (χ4v) is 1.11. The zero-order chi connectivity index (χ0) is 13.1. The van der Waals surface area contributed by atoms with Crippen LogP contribution in [0.2, 0.25) is 0 Å². The molecule has 92 valence electrons. The Morgan fingerprint density at radius 3 is 2.59 bits per heavy atom. The lowest BCUT2D eigenvalue weighted by Crippen LogP contribution is -2.37. The van der Waals surface area contributed by atoms with E-state index in [1.807, 2.05) is 0 Å². The molecule has 0 saturated heterocycles. The van der Waals surface area contributed by atoms with Gasteiger partial charge in [-0.25, -0.2) is 14.6 Å². The van der Waals surface area contributed by atoms with E-state index < -0.39 is 24.3 Å². The molecule has 0 saturated carbocycles. The van der Waals surface area contributed by atoms with Crippen molar-refractivity contribution >= 4 is 24.7 Å². The molecule has 0 aromatic heterocycles. The van der Waals surface area contributed by atoms with E-state index in [0.717, 1.165) is 18.3 Å². The Kier molecular flexibility index (Phi) is 3.71. The molecule has 1 aromatic rings. The van der Waals surface area contributed by atoms with Crippen molar-refractivity contribution in [3.63, 3.8) is 0 Å². The number of hydrogen-bond acceptors (Lipinski definition) is 2. The molecule has 0 spiro atoms. The zero-order valence-electron chi connectivity index (χ0n) is 8.33. The first-order valence-corrected chi connectivity index (χ1v) is 4.38. The van der Waals surface area contributed by atoms with Gasteiger partial charge in [0.25, 0.3) is 0 Å². The summed E-state index contributed by atoms with van der Waals surface area (Å²) in [6.07, 6.45) is 0.745. The number of nitrogens with two attached hydrogens (primary N) is 1. The summed E-state index contributed by atoms with van der Waals surface area (Å²) in [4.78, 5) is 10.2. The zero-order valence-corrected chi connectivity index (χ0v) is 8.33. The quantitative estimate of drug-likeness (QED) is 0.354. The van der Waals surface area contributed by atoms with E-state index in [9.17, 15) is 22.1 Å². The van der Waals surface area contributed by atoms with E-state index >= 15 is 0 Å². The lowest BCUT2D eigenvalue weighted by atomic mass is 9.77. The van der Waals surface area contributed by atoms with Crippen LogP contribution in [0, 0.1) is 5.82 Å². The van der Waals surface area contributed by atoms with Gasteiger partial charge in [-0.3, -0.25) is 0 Å². The Balaban J connectivity index is 3.07. The molecule has 0 bridgehead atoms. The highest BCUT2D eigenvalue weighted by Gasteiger charge is 2.28. The van der Waals surface area contributed by atoms with Crippen molar-refractivity contribution in [2.75, 3.05) is 0 Å². The SMILES string of the molecule is NC(=O)NN=Cc1ccc(F)cc1[B-](F)(F)F. The maximum Gasteiger partial charge on any atom is 0.510 e. The van der Waals surface area contributed by atoms with Crippen molar-refractivity contribution < 1.29 is 22.1 Å². The van der Waals surface area contributed by atoms with Crippen molar-refractivity contribution in [3.05, 3.63) is 29.6 Å². The second kappa shape index (κ2) is 4.85. The van der Waals surface area contributed by atoms with Gasteiger partial charge in [-0.15, -0.1) is 0 Å². The number of benzene rings is 1. The second-order valence-corrected chi connectivity index (χ2v) is 3.08. The van der Waals surface area contributed by atoms with E-state index in [0.29, 0.717) is 6.07 Å². The minimum Gasteiger partial charge on any atom is -0.445 e. The van der Waals surface area contributed by atoms with Crippen LogP contribution in [0.5, 0.6) is 0 Å². The molecule has 2 amide bonds. The van der Waals surface area contributed by atoms with Gasteiger partial charge in [0.2, 0.25) is 0 Å². The van der Waals surface area contributed by atoms with Gasteiger partial charge in [-0.2, -0.15) is 5.10 Å². The van der Waals surface area contributed by atoms with Crippen LogP contribution in [0.15, 0.2) is 23.3 Å². The maximum absolute atomic E-state index is 12.7. The summed E-state index contributed by atoms with van der Waals surface area (Å²) in [6.45, 7) is -5.36. The summed E-state index contributed by atoms with van der Waals surface area (Å²) in [5, 5.41) is 3.18. The fourth-order valence-electron chi connectivity index (χ4n) is 1.11. The number of nitrogens with one attached hydrogen (secondary N) is 1. The normalized spacial score (nSPS) is 11.8. The molecule has 0 aliphatic carbocycles. The molecule has 0 aliphatic heterocycles. The van der Waals surface area contributed by atoms with Crippen molar-refractivity contribution in [2.45, 2.75) is 0 Å². The highest BCUT2D eigenvalue weighted by molar-refractivity contribution is 6.74. The predicted molar refractivity (Wildman–Crippen MR) is 55.4 cm³/mol. The molecular formula is C8H7BF4N3O-. The van der Waals surface area contributed by atoms with Crippen molar-refractivity contribution in [2.24, 2.45) is 10.8 Å². The van der Waals surface area contributed by atoms with Gasteiger partial charge in [0, 0.05) is 0 Å². The number of hydrogen-bond donors (Lipinski definition) is 2. The molecule has 0 aliphatic rings. The van der Waals surface area contributed by atoms with Crippen LogP contribution in [0.4, 0.5) is 22.1 Å². The van der Waals surface area contributed by atoms with Crippen LogP contribution in [-0.2, 0) is 0 Å². The Hall–Kier alpha value is -2.06. The van der Waals surface area contributed by atoms with E-state index in [2.05, 4.69) is 10.8 Å². The Morgan fingerprint density at radius 2 is 2.06 bits per heavy atom. The number of carbonyl (C=O) groups is 1. The molecule has 0 radical (unpaired) electrons. The largest absolute Gasteiger partial charge is 0.510 e. The van der Waals surface area contributed by atoms with Gasteiger partial charge in [-0.05, 0) is 11.6 Å². The number of hydrazone groups is 1. The first-order valence-electron chi connectivity index (χ1n) is 4.38. The highest BCUT2D eigenvalue weighted by atomic mass is 19.4. The van der Waals surface area contributed by atoms with Crippen LogP contribution in [-0.4, -0.2) is 19.2 Å². The maximum atomic E-state index is 12.7. The summed E-state index contributed by atoms with van der Waals surface area (Å²) >= 11 is 0. The molecule has 0 atom stereocenters. The molecule has 0 unspecified atom stereocenters. The van der Waals surface area contributed by atoms with Crippen LogP contribution >= 0.6 is 0 Å². The lowest BCUT2D eigenvalue weighted by molar-refractivity contribution is 0.249. The number of halogens is 4. The number of urea groups is 1. The minimum absolute atomic E-state index is 0.354. The van der Waals surface area contributed by atoms with Gasteiger partial charge in [0.05, 0.1) is 6.21 Å². The standard InChI is InChI=1S/C8H7BF4N3O/c10-6-2-1-5(4-15-16-8(14)17)7(3-6)9(11,12)13/h1-4H,(H3,14,16,17)/q-1. The first-order chi connectivity index (χ1) is 7.80. The van der Waals surface area contributed by atoms with E-state index in [1.54, 1.807) is 5.43 Å². The average molecular weight is 248 g/mol. The molecule has 9 heteroatoms. The number of primary amides is 1. The molecule has 1 aromatic carbocycles. The molecule has 17 heavy (non-hydrogen) atoms. The topological polar surface area (TPSA) is 67.5 Å². The van der Waals surface area contributed by atoms with Gasteiger partial charge >= 0.3 is 13.0 Å². The molecule has 4 nitrogen and oxygen atoms in total. The number of carbonyl (C=O) groups excluding carboxylic acids is 1. The fraction of sp³-hybridized carbons (Fsp3) is 0. The van der Waals surface area contributed by atoms with Crippen LogP contribution in [0.3, 0.4) is 0 Å². The Morgan fingerprint density at radius 1 is 1.41 bits per heavy atom. The third-order valence-electron chi connectivity index (χ3n) is 1.78. The summed E-state index contributed by atoms with van der Waals surface area (Å²) in [5.74, 6) is -1.00. The Labute approximate surface area is 93.5 Å². The highest BCUT2D eigenvalue weighted by Crippen LogP contribution is 2.12. The summed E-state index contributed by atoms with van der Waals surface area (Å²) in [5.41, 5.74) is 4.92. The summed E-state index contributed by atoms with van der Waals surface area (Å²) < 4.78 is 50.3. The van der Waals surface area contributed by atoms with Crippen molar-refractivity contribution in [1.82, 2.24) is 5.43 Å². The van der Waals surface area contributed by atoms with Crippen molar-refractivity contribution in [1.29, 1.82) is 0 Å². The number of nitrogens with zero attached hydrogens (tertiary/aromatic N) is 1. The van der Waals surface area contributed by atoms with Gasteiger partial charge < -0.3 is 18.7 Å². The van der Waals surface area contributed by atoms with Gasteiger partial charge in [-0.1, -0.05) is 17.6 Å². The molecule has 0 fully saturated rings. The molecule has 1 rings (SSSR count). The third-order valence-corrected chi connectivity index (χ3v) is 1.78. The molecular weight excluding hydrogens is 241 g/mol. The summed E-state index contributed by atoms with van der Waals surface area (Å²) in [6, 6.07) is 1.12. The van der Waals surface area contributed by atoms with Gasteiger partial charge in [0.1, 0.15) is 5.82 Å². The first kappa shape index (κ1) is 13.0. The van der Waals surface area contributed by atoms with Crippen LogP contribution in [0.1, 0.15) is 5.56 Å². The molecule has 0 heterocycles. The van der Waals surface area contributed by atoms with Crippen molar-refractivity contribution in [3.8, 4) is 0 Å². The third kappa shape index (κ3) is 3.78. The van der Waals surface area contributed by atoms with E-state index in [4.69, 9.17) is 0 Å². The van der Waals surface area contributed by atoms with E-state index in [1.165, 1.54) is 0 Å². The van der Waals surface area contributed by atoms with E-state index in [-0.39, 0.29) is 5.56 Å². The monoisotopic (exact) mass is 248 g/mol. The molecule has 3 N–H and O–H groups in total. The average Bonchev–Trinajstić information content (AvgIpc) is 2.18. The Bertz CT molecular complexity index is 461. The van der Waals surface area contributed by atoms with Crippen LogP contribution < -0.4 is 16.6 Å². The minimum atomic E-state index is -5.36. The number of rotatable bonds is 3. The second-order valence-electron chi connectivity index (χ2n) is 3.08. The summed E-state index contributed by atoms with van der Waals surface area (Å²) in [7, 11) is 0. The smallest absolute Gasteiger partial charge is 0.445 e. The number of amides is 2. The van der Waals surface area contributed by atoms with Gasteiger partial charge in [0.15, 0.2) is 0 Å². The predicted octanol–water partition coefficient (Wildman–Crippen LogP) is 0.882. The lowest BCUT2D eigenvalue weighted by Gasteiger charge is -2.17. The van der Waals surface area contributed by atoms with Crippen LogP contribution in [0.25, 0.3) is 0 Å².